The molecule has 1 N–H and O–H groups in total. The summed E-state index contributed by atoms with van der Waals surface area (Å²) in [6, 6.07) is 11.7. The Labute approximate surface area is 209 Å². The van der Waals surface area contributed by atoms with Gasteiger partial charge in [-0.3, -0.25) is 19.7 Å². The largest absolute Gasteiger partial charge is 0.371 e. The first-order chi connectivity index (χ1) is 17.2. The van der Waals surface area contributed by atoms with Gasteiger partial charge in [0.2, 0.25) is 0 Å². The minimum Gasteiger partial charge on any atom is -0.371 e. The lowest BCUT2D eigenvalue weighted by atomic mass is 9.99. The Morgan fingerprint density at radius 2 is 1.91 bits per heavy atom. The summed E-state index contributed by atoms with van der Waals surface area (Å²) in [4.78, 5) is 31.7. The van der Waals surface area contributed by atoms with Crippen molar-refractivity contribution in [3.8, 4) is 11.4 Å². The molecule has 2 aromatic heterocycles. The molecule has 0 aliphatic carbocycles. The van der Waals surface area contributed by atoms with Gasteiger partial charge in [-0.05, 0) is 18.7 Å². The molecule has 1 aromatic carbocycles. The van der Waals surface area contributed by atoms with Crippen LogP contribution in [0.5, 0.6) is 0 Å². The van der Waals surface area contributed by atoms with Crippen LogP contribution >= 0.6 is 11.3 Å². The normalized spacial score (nSPS) is 16.7. The minimum atomic E-state index is 0.0396. The van der Waals surface area contributed by atoms with E-state index in [-0.39, 0.29) is 12.2 Å². The van der Waals surface area contributed by atoms with Crippen LogP contribution in [0.4, 0.5) is 10.8 Å². The number of pyridine rings is 1. The number of hydrogen-bond donors (Lipinski definition) is 1. The van der Waals surface area contributed by atoms with E-state index in [0.29, 0.717) is 35.9 Å². The second-order valence-electron chi connectivity index (χ2n) is 8.92. The molecular weight excluding hydrogens is 460 g/mol. The van der Waals surface area contributed by atoms with Gasteiger partial charge in [-0.2, -0.15) is 0 Å². The minimum absolute atomic E-state index is 0.0396. The van der Waals surface area contributed by atoms with Crippen LogP contribution in [0, 0.1) is 0 Å². The quantitative estimate of drug-likeness (QED) is 0.489. The summed E-state index contributed by atoms with van der Waals surface area (Å²) in [6.07, 6.45) is 1.93. The predicted octanol–water partition coefficient (Wildman–Crippen LogP) is 3.74. The first-order valence-electron chi connectivity index (χ1n) is 12.0. The molecule has 3 aromatic rings. The Bertz CT molecular complexity index is 1190. The smallest absolute Gasteiger partial charge is 0.183 e. The number of benzene rings is 1. The van der Waals surface area contributed by atoms with Crippen molar-refractivity contribution in [3.05, 3.63) is 59.1 Å². The monoisotopic (exact) mass is 490 g/mol. The van der Waals surface area contributed by atoms with E-state index in [0.717, 1.165) is 55.7 Å². The molecule has 0 saturated carbocycles. The highest BCUT2D eigenvalue weighted by atomic mass is 32.1. The SMILES string of the molecule is CN1CCN(CCNc2nc(-c3nccc4c3N=C(COCc3ccccc3)CC4=O)cs2)CC1. The number of aliphatic imine (C=N–C) groups is 1. The van der Waals surface area contributed by atoms with Crippen molar-refractivity contribution in [1.29, 1.82) is 0 Å². The fourth-order valence-corrected chi connectivity index (χ4v) is 4.98. The summed E-state index contributed by atoms with van der Waals surface area (Å²) < 4.78 is 5.84. The van der Waals surface area contributed by atoms with Crippen LogP contribution in [0.25, 0.3) is 11.4 Å². The first-order valence-corrected chi connectivity index (χ1v) is 12.8. The number of thiazole rings is 1. The Hall–Kier alpha value is -2.98. The molecule has 9 heteroatoms. The fourth-order valence-electron chi connectivity index (χ4n) is 4.26. The van der Waals surface area contributed by atoms with Crippen molar-refractivity contribution in [2.75, 3.05) is 58.2 Å². The van der Waals surface area contributed by atoms with Crippen LogP contribution < -0.4 is 5.32 Å². The summed E-state index contributed by atoms with van der Waals surface area (Å²) in [5.41, 5.74) is 4.37. The highest BCUT2D eigenvalue weighted by molar-refractivity contribution is 7.14. The number of anilines is 1. The van der Waals surface area contributed by atoms with E-state index < -0.39 is 0 Å². The lowest BCUT2D eigenvalue weighted by molar-refractivity contribution is 0.0993. The zero-order valence-corrected chi connectivity index (χ0v) is 20.8. The Morgan fingerprint density at radius 1 is 1.09 bits per heavy atom. The molecule has 0 bridgehead atoms. The lowest BCUT2D eigenvalue weighted by Crippen LogP contribution is -2.45. The van der Waals surface area contributed by atoms with Crippen molar-refractivity contribution in [1.82, 2.24) is 19.8 Å². The number of aromatic nitrogens is 2. The first kappa shape index (κ1) is 23.7. The molecule has 0 unspecified atom stereocenters. The van der Waals surface area contributed by atoms with E-state index in [1.165, 1.54) is 0 Å². The van der Waals surface area contributed by atoms with Gasteiger partial charge in [0.15, 0.2) is 10.9 Å². The Morgan fingerprint density at radius 3 is 2.74 bits per heavy atom. The topological polar surface area (TPSA) is 82.9 Å². The molecule has 182 valence electrons. The molecule has 2 aliphatic heterocycles. The molecule has 4 heterocycles. The van der Waals surface area contributed by atoms with Crippen molar-refractivity contribution < 1.29 is 9.53 Å². The average Bonchev–Trinajstić information content (AvgIpc) is 3.34. The number of carbonyl (C=O) groups excluding carboxylic acids is 1. The predicted molar refractivity (Wildman–Crippen MR) is 140 cm³/mol. The van der Waals surface area contributed by atoms with E-state index in [1.807, 2.05) is 35.7 Å². The Kier molecular flexibility index (Phi) is 7.58. The molecule has 0 spiro atoms. The van der Waals surface area contributed by atoms with E-state index >= 15 is 0 Å². The number of ketones is 1. The number of Topliss-reactive ketones (excluding diaryl/α,β-unsaturated/α-hetero) is 1. The molecule has 8 nitrogen and oxygen atoms in total. The Balaban J connectivity index is 1.24. The number of fused-ring (bicyclic) bond motifs is 1. The third-order valence-electron chi connectivity index (χ3n) is 6.29. The second kappa shape index (κ2) is 11.2. The van der Waals surface area contributed by atoms with Gasteiger partial charge in [0, 0.05) is 56.4 Å². The van der Waals surface area contributed by atoms with Crippen LogP contribution in [0.3, 0.4) is 0 Å². The molecule has 5 rings (SSSR count). The number of nitrogens with zero attached hydrogens (tertiary/aromatic N) is 5. The molecule has 0 amide bonds. The van der Waals surface area contributed by atoms with E-state index in [2.05, 4.69) is 27.1 Å². The number of ether oxygens (including phenoxy) is 1. The number of rotatable bonds is 9. The van der Waals surface area contributed by atoms with Crippen molar-refractivity contribution >= 4 is 33.7 Å². The standard InChI is InChI=1S/C26H30N6O2S/c1-31-11-13-32(14-12-31)10-9-28-26-30-22(18-35-26)25-24-21(7-8-27-25)23(33)15-20(29-24)17-34-16-19-5-3-2-4-6-19/h2-8,18H,9-17H2,1H3,(H,28,30). The molecule has 35 heavy (non-hydrogen) atoms. The summed E-state index contributed by atoms with van der Waals surface area (Å²) in [5, 5.41) is 6.26. The van der Waals surface area contributed by atoms with Gasteiger partial charge in [0.25, 0.3) is 0 Å². The number of hydrogen-bond acceptors (Lipinski definition) is 9. The van der Waals surface area contributed by atoms with Gasteiger partial charge >= 0.3 is 0 Å². The van der Waals surface area contributed by atoms with Gasteiger partial charge in [-0.15, -0.1) is 11.3 Å². The van der Waals surface area contributed by atoms with Crippen molar-refractivity contribution in [3.63, 3.8) is 0 Å². The second-order valence-corrected chi connectivity index (χ2v) is 9.78. The van der Waals surface area contributed by atoms with Gasteiger partial charge in [0.1, 0.15) is 17.1 Å². The summed E-state index contributed by atoms with van der Waals surface area (Å²) in [5.74, 6) is 0.0396. The third kappa shape index (κ3) is 5.99. The van der Waals surface area contributed by atoms with Crippen LogP contribution in [-0.2, 0) is 11.3 Å². The number of likely N-dealkylation sites (N-methyl/N-ethyl adjacent to an activating group) is 1. The van der Waals surface area contributed by atoms with Crippen molar-refractivity contribution in [2.24, 2.45) is 4.99 Å². The molecule has 0 radical (unpaired) electrons. The highest BCUT2D eigenvalue weighted by Gasteiger charge is 2.24. The maximum Gasteiger partial charge on any atom is 0.183 e. The summed E-state index contributed by atoms with van der Waals surface area (Å²) >= 11 is 1.55. The van der Waals surface area contributed by atoms with Gasteiger partial charge in [-0.25, -0.2) is 4.98 Å². The van der Waals surface area contributed by atoms with Gasteiger partial charge in [-0.1, -0.05) is 30.3 Å². The van der Waals surface area contributed by atoms with Gasteiger partial charge in [0.05, 0.1) is 25.3 Å². The molecule has 0 atom stereocenters. The summed E-state index contributed by atoms with van der Waals surface area (Å²) in [7, 11) is 2.17. The van der Waals surface area contributed by atoms with Crippen LogP contribution in [0.2, 0.25) is 0 Å². The number of carbonyl (C=O) groups is 1. The summed E-state index contributed by atoms with van der Waals surface area (Å²) in [6.45, 7) is 7.06. The van der Waals surface area contributed by atoms with E-state index in [9.17, 15) is 4.79 Å². The average molecular weight is 491 g/mol. The molecular formula is C26H30N6O2S. The number of nitrogens with one attached hydrogen (secondary N) is 1. The van der Waals surface area contributed by atoms with E-state index in [1.54, 1.807) is 23.6 Å². The zero-order chi connectivity index (χ0) is 24.0. The zero-order valence-electron chi connectivity index (χ0n) is 19.9. The number of piperazine rings is 1. The van der Waals surface area contributed by atoms with Crippen LogP contribution in [0.1, 0.15) is 22.3 Å². The lowest BCUT2D eigenvalue weighted by Gasteiger charge is -2.32. The van der Waals surface area contributed by atoms with Gasteiger partial charge < -0.3 is 15.0 Å². The molecule has 2 aliphatic rings. The van der Waals surface area contributed by atoms with Crippen LogP contribution in [-0.4, -0.2) is 84.2 Å². The van der Waals surface area contributed by atoms with Crippen LogP contribution in [0.15, 0.2) is 53.0 Å². The highest BCUT2D eigenvalue weighted by Crippen LogP contribution is 2.36. The van der Waals surface area contributed by atoms with Crippen molar-refractivity contribution in [2.45, 2.75) is 13.0 Å². The third-order valence-corrected chi connectivity index (χ3v) is 7.09. The molecule has 1 fully saturated rings. The maximum atomic E-state index is 12.8. The fraction of sp³-hybridized carbons (Fsp3) is 0.385. The molecule has 1 saturated heterocycles. The van der Waals surface area contributed by atoms with E-state index in [4.69, 9.17) is 14.7 Å². The maximum absolute atomic E-state index is 12.8.